The van der Waals surface area contributed by atoms with E-state index in [4.69, 9.17) is 0 Å². The first-order valence-electron chi connectivity index (χ1n) is 4.29. The molecule has 1 aliphatic heterocycles. The van der Waals surface area contributed by atoms with Crippen LogP contribution in [0.5, 0.6) is 0 Å². The molecule has 78 valence electrons. The molecule has 1 aliphatic rings. The van der Waals surface area contributed by atoms with Gasteiger partial charge in [-0.1, -0.05) is 0 Å². The first-order chi connectivity index (χ1) is 7.08. The van der Waals surface area contributed by atoms with Gasteiger partial charge in [-0.05, 0) is 22.0 Å². The molecular weight excluding hydrogens is 264 g/mol. The van der Waals surface area contributed by atoms with Gasteiger partial charge in [-0.3, -0.25) is 0 Å². The third-order valence-corrected chi connectivity index (χ3v) is 2.66. The van der Waals surface area contributed by atoms with Gasteiger partial charge >= 0.3 is 5.91 Å². The zero-order valence-corrected chi connectivity index (χ0v) is 9.15. The third-order valence-electron chi connectivity index (χ3n) is 2.19. The van der Waals surface area contributed by atoms with E-state index in [2.05, 4.69) is 21.2 Å². The van der Waals surface area contributed by atoms with Crippen molar-refractivity contribution in [1.82, 2.24) is 0 Å². The molecule has 0 saturated carbocycles. The summed E-state index contributed by atoms with van der Waals surface area (Å²) in [6.07, 6.45) is 1.35. The van der Waals surface area contributed by atoms with Crippen LogP contribution in [-0.2, 0) is 9.59 Å². The number of amides is 1. The van der Waals surface area contributed by atoms with E-state index in [0.29, 0.717) is 5.82 Å². The number of carbonyl (C=O) groups excluding carboxylic acids is 2. The summed E-state index contributed by atoms with van der Waals surface area (Å²) >= 11 is 3.26. The maximum Gasteiger partial charge on any atom is 0.353 e. The summed E-state index contributed by atoms with van der Waals surface area (Å²) in [6.45, 7) is 0. The summed E-state index contributed by atoms with van der Waals surface area (Å²) in [5.74, 6) is -0.970. The van der Waals surface area contributed by atoms with Gasteiger partial charge in [0.25, 0.3) is 5.82 Å². The lowest BCUT2D eigenvalue weighted by Gasteiger charge is -2.06. The van der Waals surface area contributed by atoms with Crippen LogP contribution in [0.3, 0.4) is 0 Å². The number of fused-ring (bicyclic) bond motifs is 1. The number of halogens is 1. The Bertz CT molecular complexity index is 447. The van der Waals surface area contributed by atoms with Crippen molar-refractivity contribution in [1.29, 1.82) is 0 Å². The molecule has 2 rings (SSSR count). The van der Waals surface area contributed by atoms with E-state index in [1.807, 2.05) is 0 Å². The molecule has 1 aromatic rings. The Labute approximate surface area is 93.8 Å². The zero-order valence-electron chi connectivity index (χ0n) is 7.57. The van der Waals surface area contributed by atoms with Crippen LogP contribution in [0.25, 0.3) is 0 Å². The molecule has 5 nitrogen and oxygen atoms in total. The fourth-order valence-corrected chi connectivity index (χ4v) is 1.89. The molecular formula is C9H7BrN2O3. The second-order valence-electron chi connectivity index (χ2n) is 3.22. The lowest BCUT2D eigenvalue weighted by molar-refractivity contribution is -0.689. The van der Waals surface area contributed by atoms with Gasteiger partial charge in [-0.2, -0.15) is 0 Å². The normalized spacial score (nSPS) is 18.5. The van der Waals surface area contributed by atoms with Crippen molar-refractivity contribution in [3.63, 3.8) is 0 Å². The topological polar surface area (TPSA) is 73.1 Å². The summed E-state index contributed by atoms with van der Waals surface area (Å²) in [4.78, 5) is 21.9. The molecule has 0 fully saturated rings. The first-order valence-corrected chi connectivity index (χ1v) is 5.08. The molecule has 0 aliphatic carbocycles. The van der Waals surface area contributed by atoms with Gasteiger partial charge < -0.3 is 9.90 Å². The van der Waals surface area contributed by atoms with Gasteiger partial charge in [-0.25, -0.2) is 14.7 Å². The van der Waals surface area contributed by atoms with Crippen LogP contribution in [0.2, 0.25) is 0 Å². The van der Waals surface area contributed by atoms with Crippen LogP contribution in [0.4, 0.5) is 5.82 Å². The van der Waals surface area contributed by atoms with E-state index in [9.17, 15) is 14.7 Å². The summed E-state index contributed by atoms with van der Waals surface area (Å²) in [7, 11) is 0. The number of rotatable bonds is 2. The number of aliphatic carboxylic acids is 1. The average Bonchev–Trinajstić information content (AvgIpc) is 2.43. The summed E-state index contributed by atoms with van der Waals surface area (Å²) in [6, 6.07) is 2.76. The molecule has 0 spiro atoms. The largest absolute Gasteiger partial charge is 0.550 e. The van der Waals surface area contributed by atoms with Crippen molar-refractivity contribution in [2.45, 2.75) is 12.5 Å². The average molecular weight is 271 g/mol. The molecule has 1 aromatic heterocycles. The number of carboxylic acid groups (broad SMARTS) is 1. The summed E-state index contributed by atoms with van der Waals surface area (Å²) < 4.78 is 2.37. The SMILES string of the molecule is O=C([O-])CC1C(=O)Nc2ccc(Br)c[n+]21. The van der Waals surface area contributed by atoms with Crippen molar-refractivity contribution < 1.29 is 19.3 Å². The zero-order chi connectivity index (χ0) is 11.0. The monoisotopic (exact) mass is 270 g/mol. The highest BCUT2D eigenvalue weighted by molar-refractivity contribution is 9.10. The van der Waals surface area contributed by atoms with Gasteiger partial charge in [0.05, 0.1) is 4.47 Å². The Balaban J connectivity index is 2.39. The van der Waals surface area contributed by atoms with Crippen molar-refractivity contribution in [2.75, 3.05) is 5.32 Å². The highest BCUT2D eigenvalue weighted by atomic mass is 79.9. The second-order valence-corrected chi connectivity index (χ2v) is 4.14. The molecule has 15 heavy (non-hydrogen) atoms. The number of carboxylic acids is 1. The number of aromatic nitrogens is 1. The van der Waals surface area contributed by atoms with Gasteiger partial charge in [0.2, 0.25) is 6.04 Å². The minimum atomic E-state index is -1.24. The van der Waals surface area contributed by atoms with Crippen molar-refractivity contribution in [3.8, 4) is 0 Å². The molecule has 0 aromatic carbocycles. The number of nitrogens with one attached hydrogen (secondary N) is 1. The number of pyridine rings is 1. The number of hydrogen-bond donors (Lipinski definition) is 1. The van der Waals surface area contributed by atoms with Crippen molar-refractivity contribution >= 4 is 33.6 Å². The number of anilines is 1. The highest BCUT2D eigenvalue weighted by Crippen LogP contribution is 2.19. The Hall–Kier alpha value is -1.43. The Morgan fingerprint density at radius 3 is 3.00 bits per heavy atom. The fourth-order valence-electron chi connectivity index (χ4n) is 1.54. The summed E-state index contributed by atoms with van der Waals surface area (Å²) in [5.41, 5.74) is 0. The van der Waals surface area contributed by atoms with E-state index in [1.54, 1.807) is 22.9 Å². The molecule has 1 atom stereocenters. The molecule has 1 amide bonds. The number of hydrogen-bond acceptors (Lipinski definition) is 3. The van der Waals surface area contributed by atoms with E-state index in [0.717, 1.165) is 4.47 Å². The quantitative estimate of drug-likeness (QED) is 0.728. The second kappa shape index (κ2) is 3.62. The maximum atomic E-state index is 11.4. The Morgan fingerprint density at radius 2 is 2.33 bits per heavy atom. The van der Waals surface area contributed by atoms with E-state index in [-0.39, 0.29) is 12.3 Å². The molecule has 6 heteroatoms. The van der Waals surface area contributed by atoms with Gasteiger partial charge in [-0.15, -0.1) is 0 Å². The summed E-state index contributed by atoms with van der Waals surface area (Å²) in [5, 5.41) is 13.1. The number of carbonyl (C=O) groups is 2. The van der Waals surface area contributed by atoms with Gasteiger partial charge in [0, 0.05) is 18.5 Å². The lowest BCUT2D eigenvalue weighted by Crippen LogP contribution is -2.41. The van der Waals surface area contributed by atoms with Crippen LogP contribution in [-0.4, -0.2) is 11.9 Å². The van der Waals surface area contributed by atoms with Gasteiger partial charge in [0.1, 0.15) is 6.20 Å². The predicted octanol–water partition coefficient (Wildman–Crippen LogP) is -0.630. The maximum absolute atomic E-state index is 11.4. The van der Waals surface area contributed by atoms with E-state index >= 15 is 0 Å². The number of nitrogens with zero attached hydrogens (tertiary/aromatic N) is 1. The lowest BCUT2D eigenvalue weighted by atomic mass is 10.2. The van der Waals surface area contributed by atoms with Gasteiger partial charge in [0.15, 0.2) is 0 Å². The standard InChI is InChI=1S/C9H7BrN2O3/c10-5-1-2-7-11-9(15)6(3-8(13)14)12(7)4-5/h1-2,4,6H,3H2,(H,13,14). The fraction of sp³-hybridized carbons (Fsp3) is 0.222. The predicted molar refractivity (Wildman–Crippen MR) is 51.6 cm³/mol. The molecule has 0 bridgehead atoms. The molecule has 0 saturated heterocycles. The minimum Gasteiger partial charge on any atom is -0.550 e. The third kappa shape index (κ3) is 1.85. The molecule has 1 unspecified atom stereocenters. The molecule has 0 radical (unpaired) electrons. The van der Waals surface area contributed by atoms with Crippen LogP contribution in [0, 0.1) is 0 Å². The minimum absolute atomic E-state index is 0.319. The Kier molecular flexibility index (Phi) is 2.44. The first kappa shape index (κ1) is 10.1. The van der Waals surface area contributed by atoms with Crippen LogP contribution in [0.15, 0.2) is 22.8 Å². The van der Waals surface area contributed by atoms with Crippen LogP contribution < -0.4 is 15.0 Å². The van der Waals surface area contributed by atoms with Crippen molar-refractivity contribution in [3.05, 3.63) is 22.8 Å². The molecule has 2 heterocycles. The van der Waals surface area contributed by atoms with Crippen molar-refractivity contribution in [2.24, 2.45) is 0 Å². The Morgan fingerprint density at radius 1 is 1.60 bits per heavy atom. The smallest absolute Gasteiger partial charge is 0.353 e. The van der Waals surface area contributed by atoms with E-state index < -0.39 is 12.0 Å². The molecule has 1 N–H and O–H groups in total. The van der Waals surface area contributed by atoms with Crippen LogP contribution >= 0.6 is 15.9 Å². The van der Waals surface area contributed by atoms with E-state index in [1.165, 1.54) is 0 Å². The highest BCUT2D eigenvalue weighted by Gasteiger charge is 2.37. The van der Waals surface area contributed by atoms with Crippen LogP contribution in [0.1, 0.15) is 12.5 Å².